The molecule has 2 aromatic rings. The SMILES string of the molecule is CC(=O)c1ccc(Oc2ccc(C)cc2Cl)c(F)c1. The van der Waals surface area contributed by atoms with Gasteiger partial charge < -0.3 is 4.74 Å². The lowest BCUT2D eigenvalue weighted by Gasteiger charge is -2.09. The Morgan fingerprint density at radius 3 is 2.42 bits per heavy atom. The number of ether oxygens (including phenoxy) is 1. The highest BCUT2D eigenvalue weighted by molar-refractivity contribution is 6.32. The quantitative estimate of drug-likeness (QED) is 0.755. The van der Waals surface area contributed by atoms with E-state index in [1.54, 1.807) is 12.1 Å². The van der Waals surface area contributed by atoms with Crippen molar-refractivity contribution < 1.29 is 13.9 Å². The van der Waals surface area contributed by atoms with E-state index in [0.717, 1.165) is 11.6 Å². The first-order chi connectivity index (χ1) is 8.97. The first-order valence-corrected chi connectivity index (χ1v) is 6.09. The molecular formula is C15H12ClFO2. The van der Waals surface area contributed by atoms with E-state index in [1.807, 2.05) is 13.0 Å². The van der Waals surface area contributed by atoms with Gasteiger partial charge in [0, 0.05) is 5.56 Å². The number of Topliss-reactive ketones (excluding diaryl/α,β-unsaturated/α-hetero) is 1. The largest absolute Gasteiger partial charge is 0.453 e. The standard InChI is InChI=1S/C15H12ClFO2/c1-9-3-5-14(12(16)7-9)19-15-6-4-11(10(2)18)8-13(15)17/h3-8H,1-2H3. The maximum atomic E-state index is 13.8. The molecule has 0 aliphatic carbocycles. The molecule has 0 unspecified atom stereocenters. The highest BCUT2D eigenvalue weighted by atomic mass is 35.5. The van der Waals surface area contributed by atoms with Gasteiger partial charge in [-0.2, -0.15) is 0 Å². The summed E-state index contributed by atoms with van der Waals surface area (Å²) in [6, 6.07) is 9.32. The van der Waals surface area contributed by atoms with E-state index in [2.05, 4.69) is 0 Å². The molecule has 0 spiro atoms. The van der Waals surface area contributed by atoms with Crippen LogP contribution in [0.2, 0.25) is 5.02 Å². The van der Waals surface area contributed by atoms with Crippen LogP contribution in [0.5, 0.6) is 11.5 Å². The molecule has 0 saturated heterocycles. The maximum Gasteiger partial charge on any atom is 0.166 e. The van der Waals surface area contributed by atoms with Crippen molar-refractivity contribution >= 4 is 17.4 Å². The van der Waals surface area contributed by atoms with Gasteiger partial charge in [-0.05, 0) is 49.7 Å². The van der Waals surface area contributed by atoms with Crippen LogP contribution in [0, 0.1) is 12.7 Å². The first kappa shape index (κ1) is 13.6. The highest BCUT2D eigenvalue weighted by Gasteiger charge is 2.10. The van der Waals surface area contributed by atoms with Crippen molar-refractivity contribution in [3.63, 3.8) is 0 Å². The zero-order valence-corrected chi connectivity index (χ0v) is 11.3. The number of halogens is 2. The zero-order valence-electron chi connectivity index (χ0n) is 10.5. The Balaban J connectivity index is 2.31. The Hall–Kier alpha value is -1.87. The molecule has 0 aromatic heterocycles. The number of aryl methyl sites for hydroxylation is 1. The predicted octanol–water partition coefficient (Wildman–Crippen LogP) is 4.78. The summed E-state index contributed by atoms with van der Waals surface area (Å²) in [5.74, 6) is -0.374. The number of carbonyl (C=O) groups is 1. The van der Waals surface area contributed by atoms with Crippen LogP contribution in [-0.2, 0) is 0 Å². The van der Waals surface area contributed by atoms with Crippen LogP contribution in [0.15, 0.2) is 36.4 Å². The minimum atomic E-state index is -0.593. The van der Waals surface area contributed by atoms with E-state index in [4.69, 9.17) is 16.3 Å². The summed E-state index contributed by atoms with van der Waals surface area (Å²) in [6.45, 7) is 3.28. The lowest BCUT2D eigenvalue weighted by molar-refractivity contribution is 0.101. The number of ketones is 1. The fourth-order valence-corrected chi connectivity index (χ4v) is 1.88. The zero-order chi connectivity index (χ0) is 14.0. The third-order valence-electron chi connectivity index (χ3n) is 2.65. The van der Waals surface area contributed by atoms with Gasteiger partial charge in [0.2, 0.25) is 0 Å². The van der Waals surface area contributed by atoms with Crippen LogP contribution in [0.25, 0.3) is 0 Å². The van der Waals surface area contributed by atoms with Gasteiger partial charge in [-0.25, -0.2) is 4.39 Å². The van der Waals surface area contributed by atoms with Gasteiger partial charge in [0.25, 0.3) is 0 Å². The van der Waals surface area contributed by atoms with Crippen LogP contribution in [0.4, 0.5) is 4.39 Å². The van der Waals surface area contributed by atoms with E-state index in [0.29, 0.717) is 16.3 Å². The van der Waals surface area contributed by atoms with Crippen molar-refractivity contribution in [2.75, 3.05) is 0 Å². The Morgan fingerprint density at radius 2 is 1.84 bits per heavy atom. The normalized spacial score (nSPS) is 10.3. The van der Waals surface area contributed by atoms with Crippen molar-refractivity contribution in [1.82, 2.24) is 0 Å². The van der Waals surface area contributed by atoms with Crippen LogP contribution >= 0.6 is 11.6 Å². The Kier molecular flexibility index (Phi) is 3.86. The Labute approximate surface area is 115 Å². The van der Waals surface area contributed by atoms with Crippen LogP contribution in [-0.4, -0.2) is 5.78 Å². The van der Waals surface area contributed by atoms with Crippen molar-refractivity contribution in [3.8, 4) is 11.5 Å². The molecule has 0 atom stereocenters. The molecule has 98 valence electrons. The average molecular weight is 279 g/mol. The van der Waals surface area contributed by atoms with Gasteiger partial charge >= 0.3 is 0 Å². The van der Waals surface area contributed by atoms with Crippen LogP contribution in [0.1, 0.15) is 22.8 Å². The lowest BCUT2D eigenvalue weighted by atomic mass is 10.1. The molecule has 2 nitrogen and oxygen atoms in total. The van der Waals surface area contributed by atoms with Gasteiger partial charge in [0.1, 0.15) is 5.75 Å². The second-order valence-electron chi connectivity index (χ2n) is 4.24. The van der Waals surface area contributed by atoms with E-state index < -0.39 is 5.82 Å². The van der Waals surface area contributed by atoms with Gasteiger partial charge in [-0.3, -0.25) is 4.79 Å². The molecule has 0 fully saturated rings. The smallest absolute Gasteiger partial charge is 0.166 e. The summed E-state index contributed by atoms with van der Waals surface area (Å²) in [6.07, 6.45) is 0. The van der Waals surface area contributed by atoms with Gasteiger partial charge in [0.15, 0.2) is 17.3 Å². The fraction of sp³-hybridized carbons (Fsp3) is 0.133. The third kappa shape index (κ3) is 3.12. The second-order valence-corrected chi connectivity index (χ2v) is 4.64. The first-order valence-electron chi connectivity index (χ1n) is 5.72. The molecule has 4 heteroatoms. The molecule has 0 saturated carbocycles. The Bertz CT molecular complexity index is 638. The monoisotopic (exact) mass is 278 g/mol. The molecule has 0 heterocycles. The van der Waals surface area contributed by atoms with Crippen molar-refractivity contribution in [2.45, 2.75) is 13.8 Å². The maximum absolute atomic E-state index is 13.8. The molecule has 0 bridgehead atoms. The van der Waals surface area contributed by atoms with E-state index in [9.17, 15) is 9.18 Å². The molecule has 0 amide bonds. The average Bonchev–Trinajstić information content (AvgIpc) is 2.34. The van der Waals surface area contributed by atoms with Gasteiger partial charge in [0.05, 0.1) is 5.02 Å². The highest BCUT2D eigenvalue weighted by Crippen LogP contribution is 2.31. The number of carbonyl (C=O) groups excluding carboxylic acids is 1. The summed E-state index contributed by atoms with van der Waals surface area (Å²) in [5, 5.41) is 0.412. The predicted molar refractivity (Wildman–Crippen MR) is 72.7 cm³/mol. The Morgan fingerprint density at radius 1 is 1.16 bits per heavy atom. The fourth-order valence-electron chi connectivity index (χ4n) is 1.61. The number of hydrogen-bond donors (Lipinski definition) is 0. The molecule has 0 aliphatic heterocycles. The summed E-state index contributed by atoms with van der Waals surface area (Å²) >= 11 is 6.01. The summed E-state index contributed by atoms with van der Waals surface area (Å²) < 4.78 is 19.2. The molecule has 19 heavy (non-hydrogen) atoms. The molecule has 0 radical (unpaired) electrons. The van der Waals surface area contributed by atoms with Crippen molar-refractivity contribution in [1.29, 1.82) is 0 Å². The lowest BCUT2D eigenvalue weighted by Crippen LogP contribution is -1.95. The van der Waals surface area contributed by atoms with Crippen molar-refractivity contribution in [2.24, 2.45) is 0 Å². The van der Waals surface area contributed by atoms with Gasteiger partial charge in [-0.1, -0.05) is 17.7 Å². The second kappa shape index (κ2) is 5.41. The number of benzene rings is 2. The summed E-state index contributed by atoms with van der Waals surface area (Å²) in [4.78, 5) is 11.1. The molecule has 0 N–H and O–H groups in total. The summed E-state index contributed by atoms with van der Waals surface area (Å²) in [5.41, 5.74) is 1.30. The molecular weight excluding hydrogens is 267 g/mol. The van der Waals surface area contributed by atoms with Crippen LogP contribution in [0.3, 0.4) is 0 Å². The number of rotatable bonds is 3. The summed E-state index contributed by atoms with van der Waals surface area (Å²) in [7, 11) is 0. The molecule has 2 aromatic carbocycles. The third-order valence-corrected chi connectivity index (χ3v) is 2.94. The van der Waals surface area contributed by atoms with Crippen molar-refractivity contribution in [3.05, 3.63) is 58.4 Å². The van der Waals surface area contributed by atoms with E-state index >= 15 is 0 Å². The van der Waals surface area contributed by atoms with Gasteiger partial charge in [-0.15, -0.1) is 0 Å². The van der Waals surface area contributed by atoms with E-state index in [1.165, 1.54) is 19.1 Å². The van der Waals surface area contributed by atoms with Crippen LogP contribution < -0.4 is 4.74 Å². The molecule has 2 rings (SSSR count). The number of hydrogen-bond acceptors (Lipinski definition) is 2. The minimum Gasteiger partial charge on any atom is -0.453 e. The molecule has 0 aliphatic rings. The van der Waals surface area contributed by atoms with E-state index in [-0.39, 0.29) is 11.5 Å². The topological polar surface area (TPSA) is 26.3 Å². The minimum absolute atomic E-state index is 0.0377.